The van der Waals surface area contributed by atoms with Crippen LogP contribution in [-0.2, 0) is 9.59 Å². The number of hydrogen-bond donors (Lipinski definition) is 2. The number of phenols is 1. The molecule has 2 rings (SSSR count). The van der Waals surface area contributed by atoms with Crippen molar-refractivity contribution < 1.29 is 29.3 Å². The van der Waals surface area contributed by atoms with Gasteiger partial charge in [0.1, 0.15) is 4.32 Å². The first-order valence-electron chi connectivity index (χ1n) is 7.29. The standard InChI is InChI=1S/C16H17NO6S2/c1-22-10-6-9(7-11(23-2)14(10)20)8-12-15(21)17(16(24)25-12)5-3-4-13(18)19/h6-8,20H,3-5H2,1-2H3,(H,18,19). The van der Waals surface area contributed by atoms with Gasteiger partial charge in [-0.3, -0.25) is 14.5 Å². The van der Waals surface area contributed by atoms with E-state index >= 15 is 0 Å². The van der Waals surface area contributed by atoms with Crippen molar-refractivity contribution in [3.8, 4) is 17.2 Å². The third-order valence-corrected chi connectivity index (χ3v) is 4.82. The molecule has 0 aromatic heterocycles. The maximum absolute atomic E-state index is 12.5. The molecule has 2 N–H and O–H groups in total. The third-order valence-electron chi connectivity index (χ3n) is 3.45. The molecule has 0 unspecified atom stereocenters. The highest BCUT2D eigenvalue weighted by Gasteiger charge is 2.31. The topological polar surface area (TPSA) is 96.3 Å². The van der Waals surface area contributed by atoms with Gasteiger partial charge in [0.25, 0.3) is 5.91 Å². The molecule has 1 saturated heterocycles. The van der Waals surface area contributed by atoms with E-state index in [-0.39, 0.29) is 36.1 Å². The number of benzene rings is 1. The molecule has 0 radical (unpaired) electrons. The molecular weight excluding hydrogens is 366 g/mol. The number of carboxylic acids is 1. The Balaban J connectivity index is 2.23. The number of amides is 1. The Morgan fingerprint density at radius 1 is 1.32 bits per heavy atom. The summed E-state index contributed by atoms with van der Waals surface area (Å²) in [6, 6.07) is 3.16. The summed E-state index contributed by atoms with van der Waals surface area (Å²) in [5.74, 6) is -0.857. The molecule has 0 spiro atoms. The summed E-state index contributed by atoms with van der Waals surface area (Å²) in [4.78, 5) is 24.9. The molecule has 1 fully saturated rings. The molecule has 25 heavy (non-hydrogen) atoms. The monoisotopic (exact) mass is 383 g/mol. The largest absolute Gasteiger partial charge is 0.502 e. The zero-order valence-corrected chi connectivity index (χ0v) is 15.3. The zero-order chi connectivity index (χ0) is 18.6. The lowest BCUT2D eigenvalue weighted by Gasteiger charge is -2.13. The van der Waals surface area contributed by atoms with Crippen LogP contribution in [0.25, 0.3) is 6.08 Å². The van der Waals surface area contributed by atoms with E-state index in [4.69, 9.17) is 26.8 Å². The number of thioether (sulfide) groups is 1. The number of hydrogen-bond acceptors (Lipinski definition) is 7. The number of ether oxygens (including phenoxy) is 2. The van der Waals surface area contributed by atoms with E-state index in [2.05, 4.69) is 0 Å². The highest BCUT2D eigenvalue weighted by atomic mass is 32.2. The average molecular weight is 383 g/mol. The van der Waals surface area contributed by atoms with Crippen LogP contribution in [0.4, 0.5) is 0 Å². The smallest absolute Gasteiger partial charge is 0.303 e. The molecule has 0 bridgehead atoms. The van der Waals surface area contributed by atoms with Crippen LogP contribution in [0.2, 0.25) is 0 Å². The highest BCUT2D eigenvalue weighted by Crippen LogP contribution is 2.39. The molecule has 9 heteroatoms. The number of carboxylic acid groups (broad SMARTS) is 1. The Morgan fingerprint density at radius 3 is 2.44 bits per heavy atom. The normalized spacial score (nSPS) is 15.8. The second-order valence-electron chi connectivity index (χ2n) is 5.10. The summed E-state index contributed by atoms with van der Waals surface area (Å²) in [5.41, 5.74) is 0.609. The van der Waals surface area contributed by atoms with Gasteiger partial charge in [-0.1, -0.05) is 24.0 Å². The van der Waals surface area contributed by atoms with E-state index in [1.807, 2.05) is 0 Å². The van der Waals surface area contributed by atoms with E-state index in [0.29, 0.717) is 21.2 Å². The predicted molar refractivity (Wildman–Crippen MR) is 98.0 cm³/mol. The highest BCUT2D eigenvalue weighted by molar-refractivity contribution is 8.26. The summed E-state index contributed by atoms with van der Waals surface area (Å²) in [5, 5.41) is 18.6. The van der Waals surface area contributed by atoms with Crippen LogP contribution in [0, 0.1) is 0 Å². The van der Waals surface area contributed by atoms with Crippen molar-refractivity contribution in [1.82, 2.24) is 4.90 Å². The molecule has 1 amide bonds. The van der Waals surface area contributed by atoms with Gasteiger partial charge in [0.15, 0.2) is 11.5 Å². The molecule has 0 aliphatic carbocycles. The Hall–Kier alpha value is -2.26. The molecule has 134 valence electrons. The van der Waals surface area contributed by atoms with Gasteiger partial charge in [0, 0.05) is 13.0 Å². The lowest BCUT2D eigenvalue weighted by Crippen LogP contribution is -2.29. The fourth-order valence-corrected chi connectivity index (χ4v) is 3.54. The minimum atomic E-state index is -0.913. The van der Waals surface area contributed by atoms with Crippen molar-refractivity contribution in [3.05, 3.63) is 22.6 Å². The van der Waals surface area contributed by atoms with Crippen LogP contribution in [0.3, 0.4) is 0 Å². The molecule has 1 heterocycles. The van der Waals surface area contributed by atoms with Gasteiger partial charge in [-0.05, 0) is 30.2 Å². The fourth-order valence-electron chi connectivity index (χ4n) is 2.23. The molecule has 7 nitrogen and oxygen atoms in total. The second-order valence-corrected chi connectivity index (χ2v) is 6.78. The van der Waals surface area contributed by atoms with Gasteiger partial charge in [0.2, 0.25) is 5.75 Å². The molecule has 0 saturated carbocycles. The first kappa shape index (κ1) is 19.1. The van der Waals surface area contributed by atoms with Crippen LogP contribution in [-0.4, -0.2) is 52.1 Å². The van der Waals surface area contributed by atoms with Gasteiger partial charge >= 0.3 is 5.97 Å². The number of rotatable bonds is 7. The second kappa shape index (κ2) is 8.21. The number of thiocarbonyl (C=S) groups is 1. The lowest BCUT2D eigenvalue weighted by molar-refractivity contribution is -0.137. The van der Waals surface area contributed by atoms with Gasteiger partial charge in [0.05, 0.1) is 19.1 Å². The Morgan fingerprint density at radius 2 is 1.92 bits per heavy atom. The summed E-state index contributed by atoms with van der Waals surface area (Å²) in [6.07, 6.45) is 1.93. The minimum absolute atomic E-state index is 0.0253. The number of carbonyl (C=O) groups is 2. The van der Waals surface area contributed by atoms with Crippen LogP contribution in [0.1, 0.15) is 18.4 Å². The van der Waals surface area contributed by atoms with Crippen LogP contribution in [0.15, 0.2) is 17.0 Å². The molecule has 0 atom stereocenters. The zero-order valence-electron chi connectivity index (χ0n) is 13.6. The van der Waals surface area contributed by atoms with E-state index in [1.54, 1.807) is 18.2 Å². The van der Waals surface area contributed by atoms with E-state index in [9.17, 15) is 14.7 Å². The van der Waals surface area contributed by atoms with Gasteiger partial charge in [-0.25, -0.2) is 0 Å². The molecular formula is C16H17NO6S2. The van der Waals surface area contributed by atoms with Gasteiger partial charge in [-0.2, -0.15) is 0 Å². The number of methoxy groups -OCH3 is 2. The maximum Gasteiger partial charge on any atom is 0.303 e. The van der Waals surface area contributed by atoms with Crippen LogP contribution >= 0.6 is 24.0 Å². The Labute approximate surface area is 154 Å². The summed E-state index contributed by atoms with van der Waals surface area (Å²) in [7, 11) is 2.83. The SMILES string of the molecule is COc1cc(C=C2SC(=S)N(CCCC(=O)O)C2=O)cc(OC)c1O. The van der Waals surface area contributed by atoms with Crippen molar-refractivity contribution in [2.75, 3.05) is 20.8 Å². The number of aromatic hydroxyl groups is 1. The van der Waals surface area contributed by atoms with Crippen molar-refractivity contribution in [3.63, 3.8) is 0 Å². The van der Waals surface area contributed by atoms with Crippen LogP contribution < -0.4 is 9.47 Å². The van der Waals surface area contributed by atoms with Crippen molar-refractivity contribution in [2.24, 2.45) is 0 Å². The predicted octanol–water partition coefficient (Wildman–Crippen LogP) is 2.48. The average Bonchev–Trinajstić information content (AvgIpc) is 2.83. The Kier molecular flexibility index (Phi) is 6.27. The first-order valence-corrected chi connectivity index (χ1v) is 8.52. The quantitative estimate of drug-likeness (QED) is 0.548. The van der Waals surface area contributed by atoms with Gasteiger partial charge < -0.3 is 19.7 Å². The van der Waals surface area contributed by atoms with Crippen LogP contribution in [0.5, 0.6) is 17.2 Å². The van der Waals surface area contributed by atoms with Gasteiger partial charge in [-0.15, -0.1) is 0 Å². The van der Waals surface area contributed by atoms with E-state index < -0.39 is 5.97 Å². The van der Waals surface area contributed by atoms with Crippen molar-refractivity contribution in [2.45, 2.75) is 12.8 Å². The molecule has 1 aromatic carbocycles. The number of carbonyl (C=O) groups excluding carboxylic acids is 1. The first-order chi connectivity index (χ1) is 11.9. The summed E-state index contributed by atoms with van der Waals surface area (Å²) >= 11 is 6.34. The van der Waals surface area contributed by atoms with E-state index in [0.717, 1.165) is 11.8 Å². The molecule has 1 aliphatic heterocycles. The summed E-state index contributed by atoms with van der Waals surface area (Å²) < 4.78 is 10.6. The lowest BCUT2D eigenvalue weighted by atomic mass is 10.1. The number of nitrogens with zero attached hydrogens (tertiary/aromatic N) is 1. The van der Waals surface area contributed by atoms with Crippen molar-refractivity contribution >= 4 is 46.3 Å². The Bertz CT molecular complexity index is 721. The molecule has 1 aliphatic rings. The number of phenolic OH excluding ortho intramolecular Hbond substituents is 1. The minimum Gasteiger partial charge on any atom is -0.502 e. The maximum atomic E-state index is 12.5. The third kappa shape index (κ3) is 4.43. The van der Waals surface area contributed by atoms with Crippen molar-refractivity contribution in [1.29, 1.82) is 0 Å². The van der Waals surface area contributed by atoms with E-state index in [1.165, 1.54) is 19.1 Å². The molecule has 1 aromatic rings. The number of aliphatic carboxylic acids is 1. The summed E-state index contributed by atoms with van der Waals surface area (Å²) in [6.45, 7) is 0.260. The fraction of sp³-hybridized carbons (Fsp3) is 0.312.